The fraction of sp³-hybridized carbons (Fsp3) is 0.667. The molecule has 27 heavy (non-hydrogen) atoms. The number of sulfonamides is 1. The van der Waals surface area contributed by atoms with Gasteiger partial charge in [-0.1, -0.05) is 24.6 Å². The Hall–Kier alpha value is -1.16. The zero-order valence-electron chi connectivity index (χ0n) is 15.7. The summed E-state index contributed by atoms with van der Waals surface area (Å²) in [5, 5.41) is 0.652. The van der Waals surface area contributed by atoms with Gasteiger partial charge in [0.1, 0.15) is 4.90 Å². The van der Waals surface area contributed by atoms with Crippen LogP contribution in [0.5, 0.6) is 0 Å². The van der Waals surface area contributed by atoms with Crippen LogP contribution in [0.1, 0.15) is 32.6 Å². The second-order valence-corrected chi connectivity index (χ2v) is 9.89. The lowest BCUT2D eigenvalue weighted by atomic mass is 10.2. The molecule has 150 valence electrons. The quantitative estimate of drug-likeness (QED) is 0.687. The van der Waals surface area contributed by atoms with E-state index in [4.69, 9.17) is 4.74 Å². The predicted molar refractivity (Wildman–Crippen MR) is 104 cm³/mol. The minimum Gasteiger partial charge on any atom is -0.375 e. The molecule has 2 fully saturated rings. The largest absolute Gasteiger partial charge is 0.375 e. The summed E-state index contributed by atoms with van der Waals surface area (Å²) in [6.07, 6.45) is 5.44. The van der Waals surface area contributed by atoms with E-state index in [1.165, 1.54) is 18.0 Å². The topological polar surface area (TPSA) is 79.8 Å². The standard InChI is InChI=1S/C18H27N3O4S2/c1-15-13-20(10-11-25-15)18(22)14-26-17-7-6-16(12-19-17)27(23,24)21-8-4-2-3-5-9-21/h6-7,12,15H,2-5,8-11,13-14H2,1H3. The highest BCUT2D eigenvalue weighted by Crippen LogP contribution is 2.22. The average molecular weight is 414 g/mol. The third-order valence-electron chi connectivity index (χ3n) is 4.85. The van der Waals surface area contributed by atoms with Crippen LogP contribution in [-0.4, -0.2) is 73.2 Å². The molecule has 0 aliphatic carbocycles. The van der Waals surface area contributed by atoms with Crippen molar-refractivity contribution in [3.05, 3.63) is 18.3 Å². The maximum Gasteiger partial charge on any atom is 0.244 e. The molecular weight excluding hydrogens is 386 g/mol. The number of nitrogens with zero attached hydrogens (tertiary/aromatic N) is 3. The van der Waals surface area contributed by atoms with Crippen molar-refractivity contribution < 1.29 is 17.9 Å². The maximum atomic E-state index is 12.8. The average Bonchev–Trinajstić information content (AvgIpc) is 2.96. The monoisotopic (exact) mass is 413 g/mol. The molecule has 1 unspecified atom stereocenters. The van der Waals surface area contributed by atoms with Crippen molar-refractivity contribution in [2.24, 2.45) is 0 Å². The summed E-state index contributed by atoms with van der Waals surface area (Å²) >= 11 is 1.33. The molecule has 3 heterocycles. The fourth-order valence-electron chi connectivity index (χ4n) is 3.31. The van der Waals surface area contributed by atoms with Crippen LogP contribution < -0.4 is 0 Å². The highest BCUT2D eigenvalue weighted by Gasteiger charge is 2.26. The Labute approximate surface area is 165 Å². The van der Waals surface area contributed by atoms with Gasteiger partial charge in [-0.25, -0.2) is 13.4 Å². The predicted octanol–water partition coefficient (Wildman–Crippen LogP) is 1.99. The van der Waals surface area contributed by atoms with Crippen LogP contribution in [0.4, 0.5) is 0 Å². The van der Waals surface area contributed by atoms with Gasteiger partial charge in [-0.3, -0.25) is 4.79 Å². The van der Waals surface area contributed by atoms with Crippen molar-refractivity contribution in [2.75, 3.05) is 38.5 Å². The number of pyridine rings is 1. The summed E-state index contributed by atoms with van der Waals surface area (Å²) in [7, 11) is -3.48. The normalized spacial score (nSPS) is 22.4. The van der Waals surface area contributed by atoms with Gasteiger partial charge in [0.05, 0.1) is 23.5 Å². The zero-order valence-corrected chi connectivity index (χ0v) is 17.3. The molecule has 1 aromatic rings. The van der Waals surface area contributed by atoms with Gasteiger partial charge in [0.15, 0.2) is 0 Å². The van der Waals surface area contributed by atoms with Gasteiger partial charge >= 0.3 is 0 Å². The second-order valence-electron chi connectivity index (χ2n) is 6.96. The van der Waals surface area contributed by atoms with Gasteiger partial charge in [-0.05, 0) is 31.9 Å². The number of carbonyl (C=O) groups is 1. The number of rotatable bonds is 5. The lowest BCUT2D eigenvalue weighted by Crippen LogP contribution is -2.45. The molecule has 0 bridgehead atoms. The van der Waals surface area contributed by atoms with Crippen molar-refractivity contribution in [3.8, 4) is 0 Å². The van der Waals surface area contributed by atoms with E-state index in [0.717, 1.165) is 25.7 Å². The molecule has 0 N–H and O–H groups in total. The molecular formula is C18H27N3O4S2. The third-order valence-corrected chi connectivity index (χ3v) is 7.66. The first-order valence-electron chi connectivity index (χ1n) is 9.45. The van der Waals surface area contributed by atoms with Crippen molar-refractivity contribution in [3.63, 3.8) is 0 Å². The van der Waals surface area contributed by atoms with Gasteiger partial charge in [-0.15, -0.1) is 0 Å². The molecule has 7 nitrogen and oxygen atoms in total. The number of thioether (sulfide) groups is 1. The van der Waals surface area contributed by atoms with Crippen LogP contribution in [0.3, 0.4) is 0 Å². The highest BCUT2D eigenvalue weighted by atomic mass is 32.2. The first kappa shape index (κ1) is 20.6. The first-order valence-corrected chi connectivity index (χ1v) is 11.9. The molecule has 2 aliphatic rings. The van der Waals surface area contributed by atoms with Crippen molar-refractivity contribution >= 4 is 27.7 Å². The van der Waals surface area contributed by atoms with Gasteiger partial charge in [0.25, 0.3) is 0 Å². The summed E-state index contributed by atoms with van der Waals surface area (Å²) in [6.45, 7) is 4.90. The van der Waals surface area contributed by atoms with Crippen LogP contribution in [-0.2, 0) is 19.6 Å². The Balaban J connectivity index is 1.57. The fourth-order valence-corrected chi connectivity index (χ4v) is 5.52. The van der Waals surface area contributed by atoms with Gasteiger partial charge in [0.2, 0.25) is 15.9 Å². The minimum atomic E-state index is -3.48. The number of ether oxygens (including phenoxy) is 1. The lowest BCUT2D eigenvalue weighted by molar-refractivity contribution is -0.135. The smallest absolute Gasteiger partial charge is 0.244 e. The van der Waals surface area contributed by atoms with Crippen molar-refractivity contribution in [1.82, 2.24) is 14.2 Å². The SMILES string of the molecule is CC1CN(C(=O)CSc2ccc(S(=O)(=O)N3CCCCCC3)cn2)CCO1. The summed E-state index contributed by atoms with van der Waals surface area (Å²) in [5.74, 6) is 0.344. The van der Waals surface area contributed by atoms with Crippen molar-refractivity contribution in [2.45, 2.75) is 48.6 Å². The Morgan fingerprint density at radius 3 is 2.59 bits per heavy atom. The molecule has 2 saturated heterocycles. The molecule has 9 heteroatoms. The van der Waals surface area contributed by atoms with E-state index in [1.54, 1.807) is 21.3 Å². The lowest BCUT2D eigenvalue weighted by Gasteiger charge is -2.31. The number of hydrogen-bond acceptors (Lipinski definition) is 6. The number of amides is 1. The van der Waals surface area contributed by atoms with Crippen LogP contribution in [0.15, 0.2) is 28.3 Å². The van der Waals surface area contributed by atoms with Crippen LogP contribution in [0.25, 0.3) is 0 Å². The van der Waals surface area contributed by atoms with Crippen LogP contribution in [0, 0.1) is 0 Å². The zero-order chi connectivity index (χ0) is 19.3. The first-order chi connectivity index (χ1) is 13.0. The Kier molecular flexibility index (Phi) is 7.13. The number of aromatic nitrogens is 1. The van der Waals surface area contributed by atoms with Gasteiger partial charge in [0, 0.05) is 32.4 Å². The van der Waals surface area contributed by atoms with Crippen LogP contribution >= 0.6 is 11.8 Å². The van der Waals surface area contributed by atoms with Gasteiger partial charge in [-0.2, -0.15) is 4.31 Å². The number of carbonyl (C=O) groups excluding carboxylic acids is 1. The molecule has 0 radical (unpaired) electrons. The molecule has 0 aromatic carbocycles. The molecule has 1 atom stereocenters. The Morgan fingerprint density at radius 1 is 1.22 bits per heavy atom. The van der Waals surface area contributed by atoms with Gasteiger partial charge < -0.3 is 9.64 Å². The highest BCUT2D eigenvalue weighted by molar-refractivity contribution is 7.99. The summed E-state index contributed by atoms with van der Waals surface area (Å²) < 4.78 is 32.5. The molecule has 1 amide bonds. The van der Waals surface area contributed by atoms with E-state index < -0.39 is 10.0 Å². The molecule has 2 aliphatic heterocycles. The van der Waals surface area contributed by atoms with E-state index in [2.05, 4.69) is 4.98 Å². The molecule has 1 aromatic heterocycles. The Bertz CT molecular complexity index is 731. The second kappa shape index (κ2) is 9.36. The van der Waals surface area contributed by atoms with Crippen molar-refractivity contribution in [1.29, 1.82) is 0 Å². The summed E-state index contributed by atoms with van der Waals surface area (Å²) in [5.41, 5.74) is 0. The van der Waals surface area contributed by atoms with E-state index in [0.29, 0.717) is 37.8 Å². The number of hydrogen-bond donors (Lipinski definition) is 0. The van der Waals surface area contributed by atoms with E-state index >= 15 is 0 Å². The summed E-state index contributed by atoms with van der Waals surface area (Å²) in [6, 6.07) is 3.28. The minimum absolute atomic E-state index is 0.0539. The molecule has 3 rings (SSSR count). The van der Waals surface area contributed by atoms with E-state index in [-0.39, 0.29) is 22.7 Å². The maximum absolute atomic E-state index is 12.8. The third kappa shape index (κ3) is 5.43. The molecule has 0 spiro atoms. The Morgan fingerprint density at radius 2 is 1.96 bits per heavy atom. The van der Waals surface area contributed by atoms with Crippen LogP contribution in [0.2, 0.25) is 0 Å². The summed E-state index contributed by atoms with van der Waals surface area (Å²) in [4.78, 5) is 18.6. The molecule has 0 saturated carbocycles. The van der Waals surface area contributed by atoms with E-state index in [9.17, 15) is 13.2 Å². The number of morpholine rings is 1. The van der Waals surface area contributed by atoms with E-state index in [1.807, 2.05) is 6.92 Å².